The van der Waals surface area contributed by atoms with Crippen LogP contribution in [0.4, 0.5) is 0 Å². The predicted octanol–water partition coefficient (Wildman–Crippen LogP) is 2.04. The van der Waals surface area contributed by atoms with E-state index in [-0.39, 0.29) is 31.4 Å². The summed E-state index contributed by atoms with van der Waals surface area (Å²) >= 11 is 0. The van der Waals surface area contributed by atoms with Crippen LogP contribution in [0.1, 0.15) is 68.2 Å². The molecular weight excluding hydrogens is 564 g/mol. The summed E-state index contributed by atoms with van der Waals surface area (Å²) in [6, 6.07) is 9.38. The number of esters is 1. The Hall–Kier alpha value is -3.38. The third-order valence-electron chi connectivity index (χ3n) is 7.94. The maximum Gasteiger partial charge on any atom is 0.323 e. The highest BCUT2D eigenvalue weighted by Gasteiger charge is 2.38. The van der Waals surface area contributed by atoms with Gasteiger partial charge in [-0.2, -0.15) is 0 Å². The number of nitrogens with one attached hydrogen (secondary N) is 1. The average molecular weight is 611 g/mol. The Balaban J connectivity index is 1.49. The molecule has 4 rings (SSSR count). The van der Waals surface area contributed by atoms with E-state index in [0.29, 0.717) is 50.3 Å². The smallest absolute Gasteiger partial charge is 0.323 e. The van der Waals surface area contributed by atoms with Crippen LogP contribution in [0, 0.1) is 5.92 Å². The molecule has 2 heterocycles. The lowest BCUT2D eigenvalue weighted by Gasteiger charge is -2.38. The maximum absolute atomic E-state index is 13.8. The van der Waals surface area contributed by atoms with Crippen molar-refractivity contribution in [2.75, 3.05) is 45.9 Å². The number of benzene rings is 2. The zero-order valence-electron chi connectivity index (χ0n) is 26.4. The third-order valence-corrected chi connectivity index (χ3v) is 7.94. The molecular formula is C33H46N4O7. The Morgan fingerprint density at radius 2 is 1.52 bits per heavy atom. The van der Waals surface area contributed by atoms with Gasteiger partial charge in [0, 0.05) is 39.3 Å². The van der Waals surface area contributed by atoms with Gasteiger partial charge in [-0.3, -0.25) is 34.3 Å². The first kappa shape index (κ1) is 33.5. The minimum Gasteiger partial charge on any atom is -0.459 e. The second kappa shape index (κ2) is 14.2. The lowest BCUT2D eigenvalue weighted by molar-refractivity contribution is -0.158. The van der Waals surface area contributed by atoms with Crippen LogP contribution >= 0.6 is 0 Å². The normalized spacial score (nSPS) is 18.1. The Morgan fingerprint density at radius 1 is 0.955 bits per heavy atom. The number of imide groups is 1. The molecule has 3 N–H and O–H groups in total. The van der Waals surface area contributed by atoms with Crippen LogP contribution in [0.2, 0.25) is 0 Å². The lowest BCUT2D eigenvalue weighted by atomic mass is 10.00. The van der Waals surface area contributed by atoms with E-state index in [1.807, 2.05) is 43.0 Å². The van der Waals surface area contributed by atoms with Crippen molar-refractivity contribution in [3.63, 3.8) is 0 Å². The monoisotopic (exact) mass is 610 g/mol. The molecule has 240 valence electrons. The molecule has 1 unspecified atom stereocenters. The standard InChI is InChI=1S/C33H46N4O7/c1-21(2)16-28(31(42)36-14-12-35(13-15-36)19-24(39)20-38)34-27(32(43)44-33(3,4)5)10-11-37-29(40)25-17-22-8-6-7-9-23(22)18-26(25)30(37)41/h6-9,17-18,21,24,27-28,34,38-39H,10-16,19-20H2,1-5H3/t24?,27-,28+/m1/s1. The first-order chi connectivity index (χ1) is 20.8. The Labute approximate surface area is 259 Å². The van der Waals surface area contributed by atoms with Crippen molar-refractivity contribution < 1.29 is 34.1 Å². The summed E-state index contributed by atoms with van der Waals surface area (Å²) in [5.41, 5.74) is -0.0948. The van der Waals surface area contributed by atoms with Crippen molar-refractivity contribution in [1.29, 1.82) is 0 Å². The number of rotatable bonds is 12. The van der Waals surface area contributed by atoms with Crippen LogP contribution in [-0.4, -0.2) is 118 Å². The number of β-amino-alcohol motifs (C(OH)–C–C–N with tert-alkyl or cyclic N) is 1. The molecule has 3 amide bonds. The summed E-state index contributed by atoms with van der Waals surface area (Å²) in [4.78, 5) is 58.8. The van der Waals surface area contributed by atoms with Gasteiger partial charge >= 0.3 is 5.97 Å². The van der Waals surface area contributed by atoms with E-state index >= 15 is 0 Å². The molecule has 2 aromatic rings. The van der Waals surface area contributed by atoms with Crippen molar-refractivity contribution in [3.8, 4) is 0 Å². The molecule has 0 radical (unpaired) electrons. The minimum absolute atomic E-state index is 0.0198. The number of aliphatic hydroxyl groups excluding tert-OH is 2. The number of ether oxygens (including phenoxy) is 1. The highest BCUT2D eigenvalue weighted by atomic mass is 16.6. The van der Waals surface area contributed by atoms with Gasteiger partial charge < -0.3 is 19.8 Å². The van der Waals surface area contributed by atoms with Crippen LogP contribution in [0.15, 0.2) is 36.4 Å². The third kappa shape index (κ3) is 8.20. The molecule has 2 aromatic carbocycles. The number of nitrogens with zero attached hydrogens (tertiary/aromatic N) is 3. The molecule has 1 saturated heterocycles. The Bertz CT molecular complexity index is 1310. The van der Waals surface area contributed by atoms with Crippen LogP contribution in [0.3, 0.4) is 0 Å². The van der Waals surface area contributed by atoms with Crippen molar-refractivity contribution >= 4 is 34.5 Å². The van der Waals surface area contributed by atoms with Crippen molar-refractivity contribution in [3.05, 3.63) is 47.5 Å². The zero-order chi connectivity index (χ0) is 32.2. The van der Waals surface area contributed by atoms with E-state index in [1.54, 1.807) is 37.8 Å². The number of amides is 3. The van der Waals surface area contributed by atoms with Crippen LogP contribution < -0.4 is 5.32 Å². The highest BCUT2D eigenvalue weighted by molar-refractivity contribution is 6.23. The molecule has 3 atom stereocenters. The van der Waals surface area contributed by atoms with Gasteiger partial charge in [0.05, 0.1) is 29.9 Å². The summed E-state index contributed by atoms with van der Waals surface area (Å²) in [6.07, 6.45) is -0.279. The molecule has 0 aromatic heterocycles. The lowest BCUT2D eigenvalue weighted by Crippen LogP contribution is -2.58. The summed E-state index contributed by atoms with van der Waals surface area (Å²) in [5.74, 6) is -1.36. The van der Waals surface area contributed by atoms with Gasteiger partial charge in [0.2, 0.25) is 5.91 Å². The Kier molecular flexibility index (Phi) is 10.8. The SMILES string of the molecule is CC(C)C[C@H](N[C@H](CCN1C(=O)c2cc3ccccc3cc2C1=O)C(=O)OC(C)(C)C)C(=O)N1CCN(CC(O)CO)CC1. The van der Waals surface area contributed by atoms with E-state index in [9.17, 15) is 24.3 Å². The fraction of sp³-hybridized carbons (Fsp3) is 0.576. The second-order valence-electron chi connectivity index (χ2n) is 13.2. The molecule has 0 spiro atoms. The summed E-state index contributed by atoms with van der Waals surface area (Å²) in [7, 11) is 0. The van der Waals surface area contributed by atoms with Crippen LogP contribution in [0.5, 0.6) is 0 Å². The van der Waals surface area contributed by atoms with Crippen molar-refractivity contribution in [2.45, 2.75) is 71.2 Å². The molecule has 2 aliphatic heterocycles. The maximum atomic E-state index is 13.8. The number of carbonyl (C=O) groups excluding carboxylic acids is 4. The van der Waals surface area contributed by atoms with Crippen molar-refractivity contribution in [2.24, 2.45) is 5.92 Å². The van der Waals surface area contributed by atoms with Crippen molar-refractivity contribution in [1.82, 2.24) is 20.0 Å². The van der Waals surface area contributed by atoms with Gasteiger partial charge in [-0.15, -0.1) is 0 Å². The molecule has 2 aliphatic rings. The number of aliphatic hydroxyl groups is 2. The second-order valence-corrected chi connectivity index (χ2v) is 13.2. The predicted molar refractivity (Wildman–Crippen MR) is 166 cm³/mol. The molecule has 11 nitrogen and oxygen atoms in total. The number of fused-ring (bicyclic) bond motifs is 2. The van der Waals surface area contributed by atoms with E-state index in [2.05, 4.69) is 5.32 Å². The van der Waals surface area contributed by atoms with Gasteiger partial charge in [-0.25, -0.2) is 0 Å². The topological polar surface area (TPSA) is 140 Å². The van der Waals surface area contributed by atoms with E-state index in [0.717, 1.165) is 10.8 Å². The molecule has 0 saturated carbocycles. The highest BCUT2D eigenvalue weighted by Crippen LogP contribution is 2.28. The first-order valence-electron chi connectivity index (χ1n) is 15.5. The molecule has 0 aliphatic carbocycles. The number of carbonyl (C=O) groups is 4. The quantitative estimate of drug-likeness (QED) is 0.243. The average Bonchev–Trinajstić information content (AvgIpc) is 3.20. The number of hydrogen-bond donors (Lipinski definition) is 3. The zero-order valence-corrected chi connectivity index (χ0v) is 26.4. The minimum atomic E-state index is -0.939. The molecule has 1 fully saturated rings. The van der Waals surface area contributed by atoms with Gasteiger partial charge in [0.1, 0.15) is 11.6 Å². The van der Waals surface area contributed by atoms with Crippen LogP contribution in [-0.2, 0) is 14.3 Å². The molecule has 11 heteroatoms. The van der Waals surface area contributed by atoms with Gasteiger partial charge in [0.25, 0.3) is 11.8 Å². The van der Waals surface area contributed by atoms with Gasteiger partial charge in [-0.05, 0) is 62.4 Å². The van der Waals surface area contributed by atoms with Crippen LogP contribution in [0.25, 0.3) is 10.8 Å². The fourth-order valence-corrected chi connectivity index (χ4v) is 5.76. The largest absolute Gasteiger partial charge is 0.459 e. The van der Waals surface area contributed by atoms with Gasteiger partial charge in [0.15, 0.2) is 0 Å². The number of hydrogen-bond acceptors (Lipinski definition) is 9. The number of piperazine rings is 1. The van der Waals surface area contributed by atoms with E-state index in [1.165, 1.54) is 4.90 Å². The van der Waals surface area contributed by atoms with Gasteiger partial charge in [-0.1, -0.05) is 38.1 Å². The summed E-state index contributed by atoms with van der Waals surface area (Å²) in [6.45, 7) is 11.3. The summed E-state index contributed by atoms with van der Waals surface area (Å²) < 4.78 is 5.71. The first-order valence-corrected chi connectivity index (χ1v) is 15.5. The fourth-order valence-electron chi connectivity index (χ4n) is 5.76. The van der Waals surface area contributed by atoms with E-state index in [4.69, 9.17) is 9.84 Å². The van der Waals surface area contributed by atoms with E-state index < -0.39 is 41.6 Å². The summed E-state index contributed by atoms with van der Waals surface area (Å²) in [5, 5.41) is 23.9. The Morgan fingerprint density at radius 3 is 2.02 bits per heavy atom. The molecule has 0 bridgehead atoms. The molecule has 44 heavy (non-hydrogen) atoms.